The molecule has 4 rings (SSSR count). The molecular weight excluding hydrogens is 459 g/mol. The van der Waals surface area contributed by atoms with Gasteiger partial charge in [-0.25, -0.2) is 4.39 Å². The molecule has 1 aromatic rings. The monoisotopic (exact) mass is 502 g/mol. The van der Waals surface area contributed by atoms with E-state index in [1.54, 1.807) is 13.2 Å². The van der Waals surface area contributed by atoms with E-state index in [2.05, 4.69) is 12.2 Å². The zero-order valence-corrected chi connectivity index (χ0v) is 21.6. The van der Waals surface area contributed by atoms with Gasteiger partial charge in [0.05, 0.1) is 11.7 Å². The molecule has 36 heavy (non-hydrogen) atoms. The summed E-state index contributed by atoms with van der Waals surface area (Å²) in [6.45, 7) is 1.67. The molecule has 1 amide bonds. The molecule has 1 aliphatic heterocycles. The average Bonchev–Trinajstić information content (AvgIpc) is 3.24. The molecule has 7 heteroatoms. The van der Waals surface area contributed by atoms with Crippen LogP contribution in [-0.2, 0) is 15.1 Å². The Labute approximate surface area is 214 Å². The van der Waals surface area contributed by atoms with Crippen LogP contribution in [0.4, 0.5) is 4.39 Å². The van der Waals surface area contributed by atoms with E-state index in [1.165, 1.54) is 6.07 Å². The molecule has 3 aliphatic rings. The normalized spacial score (nSPS) is 30.4. The van der Waals surface area contributed by atoms with Gasteiger partial charge < -0.3 is 25.6 Å². The van der Waals surface area contributed by atoms with Crippen LogP contribution in [0, 0.1) is 17.7 Å². The number of methoxy groups -OCH3 is 1. The second-order valence-electron chi connectivity index (χ2n) is 11.1. The van der Waals surface area contributed by atoms with Crippen molar-refractivity contribution in [2.24, 2.45) is 17.6 Å². The van der Waals surface area contributed by atoms with Crippen molar-refractivity contribution < 1.29 is 24.1 Å². The predicted molar refractivity (Wildman–Crippen MR) is 138 cm³/mol. The Bertz CT molecular complexity index is 915. The number of aliphatic hydroxyl groups excluding tert-OH is 1. The first-order chi connectivity index (χ1) is 17.3. The summed E-state index contributed by atoms with van der Waals surface area (Å²) in [6, 6.07) is 4.73. The molecule has 6 unspecified atom stereocenters. The summed E-state index contributed by atoms with van der Waals surface area (Å²) in [6.07, 6.45) is 10.9. The number of likely N-dealkylation sites (tertiary alicyclic amines) is 1. The molecule has 1 saturated carbocycles. The Kier molecular flexibility index (Phi) is 9.20. The summed E-state index contributed by atoms with van der Waals surface area (Å²) in [7, 11) is 1.67. The van der Waals surface area contributed by atoms with Crippen molar-refractivity contribution in [3.8, 4) is 0 Å². The first-order valence-corrected chi connectivity index (χ1v) is 13.7. The zero-order valence-electron chi connectivity index (χ0n) is 21.6. The second kappa shape index (κ2) is 12.2. The Morgan fingerprint density at radius 3 is 2.78 bits per heavy atom. The summed E-state index contributed by atoms with van der Waals surface area (Å²) < 4.78 is 20.6. The quantitative estimate of drug-likeness (QED) is 0.351. The molecule has 1 aromatic carbocycles. The highest BCUT2D eigenvalue weighted by molar-refractivity contribution is 5.79. The average molecular weight is 503 g/mol. The Morgan fingerprint density at radius 1 is 1.25 bits per heavy atom. The molecule has 0 radical (unpaired) electrons. The van der Waals surface area contributed by atoms with E-state index in [1.807, 2.05) is 11.0 Å². The van der Waals surface area contributed by atoms with Gasteiger partial charge in [-0.05, 0) is 75.8 Å². The van der Waals surface area contributed by atoms with Crippen molar-refractivity contribution in [2.45, 2.75) is 87.9 Å². The zero-order chi connectivity index (χ0) is 25.7. The molecule has 6 atom stereocenters. The van der Waals surface area contributed by atoms with Crippen molar-refractivity contribution >= 4 is 5.91 Å². The summed E-state index contributed by atoms with van der Waals surface area (Å²) in [5.74, 6) is -0.782. The van der Waals surface area contributed by atoms with Crippen LogP contribution in [-0.4, -0.2) is 60.0 Å². The molecule has 200 valence electrons. The number of nitrogens with two attached hydrogens (primary N) is 1. The van der Waals surface area contributed by atoms with Gasteiger partial charge >= 0.3 is 0 Å². The fraction of sp³-hybridized carbons (Fsp3) is 0.690. The molecule has 4 N–H and O–H groups in total. The van der Waals surface area contributed by atoms with Crippen LogP contribution in [0.2, 0.25) is 0 Å². The van der Waals surface area contributed by atoms with Gasteiger partial charge in [-0.2, -0.15) is 0 Å². The second-order valence-corrected chi connectivity index (χ2v) is 11.1. The number of hydrogen-bond donors (Lipinski definition) is 3. The number of aliphatic hydroxyl groups is 2. The van der Waals surface area contributed by atoms with Crippen molar-refractivity contribution in [1.29, 1.82) is 0 Å². The number of halogens is 1. The van der Waals surface area contributed by atoms with Crippen LogP contribution in [0.25, 0.3) is 0 Å². The van der Waals surface area contributed by atoms with Gasteiger partial charge in [-0.1, -0.05) is 24.3 Å². The van der Waals surface area contributed by atoms with Crippen molar-refractivity contribution in [1.82, 2.24) is 4.90 Å². The van der Waals surface area contributed by atoms with Gasteiger partial charge in [0.25, 0.3) is 0 Å². The molecule has 1 saturated heterocycles. The molecule has 0 spiro atoms. The summed E-state index contributed by atoms with van der Waals surface area (Å²) in [5, 5.41) is 22.5. The molecule has 2 fully saturated rings. The van der Waals surface area contributed by atoms with Crippen molar-refractivity contribution in [3.63, 3.8) is 0 Å². The number of carbonyl (C=O) groups is 1. The lowest BCUT2D eigenvalue weighted by Crippen LogP contribution is -2.50. The topological polar surface area (TPSA) is 96.0 Å². The number of hydrogen-bond acceptors (Lipinski definition) is 5. The van der Waals surface area contributed by atoms with E-state index in [-0.39, 0.29) is 35.5 Å². The van der Waals surface area contributed by atoms with E-state index in [9.17, 15) is 15.0 Å². The van der Waals surface area contributed by atoms with Crippen LogP contribution in [0.3, 0.4) is 0 Å². The Morgan fingerprint density at radius 2 is 2.08 bits per heavy atom. The number of ether oxygens (including phenoxy) is 1. The minimum Gasteiger partial charge on any atom is -0.391 e. The highest BCUT2D eigenvalue weighted by Gasteiger charge is 2.45. The van der Waals surface area contributed by atoms with Gasteiger partial charge in [-0.15, -0.1) is 0 Å². The lowest BCUT2D eigenvalue weighted by Gasteiger charge is -2.44. The summed E-state index contributed by atoms with van der Waals surface area (Å²) in [4.78, 5) is 15.2. The molecule has 6 nitrogen and oxygen atoms in total. The van der Waals surface area contributed by atoms with Gasteiger partial charge in [-0.3, -0.25) is 4.79 Å². The highest BCUT2D eigenvalue weighted by atomic mass is 19.1. The minimum atomic E-state index is -1.25. The third-order valence-corrected chi connectivity index (χ3v) is 8.64. The largest absolute Gasteiger partial charge is 0.391 e. The van der Waals surface area contributed by atoms with E-state index in [4.69, 9.17) is 10.5 Å². The molecular formula is C29H43FN2O4. The number of amides is 1. The van der Waals surface area contributed by atoms with Crippen LogP contribution >= 0.6 is 0 Å². The van der Waals surface area contributed by atoms with E-state index >= 15 is 4.39 Å². The van der Waals surface area contributed by atoms with Crippen molar-refractivity contribution in [3.05, 3.63) is 47.3 Å². The Hall–Kier alpha value is -1.80. The fourth-order valence-corrected chi connectivity index (χ4v) is 6.62. The van der Waals surface area contributed by atoms with Gasteiger partial charge in [0.2, 0.25) is 5.91 Å². The van der Waals surface area contributed by atoms with Gasteiger partial charge in [0.15, 0.2) is 0 Å². The van der Waals surface area contributed by atoms with Gasteiger partial charge in [0.1, 0.15) is 5.82 Å². The first kappa shape index (κ1) is 27.2. The maximum atomic E-state index is 15.4. The third-order valence-electron chi connectivity index (χ3n) is 8.64. The van der Waals surface area contributed by atoms with Crippen molar-refractivity contribution in [2.75, 3.05) is 26.8 Å². The lowest BCUT2D eigenvalue weighted by atomic mass is 9.70. The molecule has 0 aromatic heterocycles. The SMILES string of the molecule is COCCCCC(O)(c1cccc(F)c1C1C=CCCC1)C1CCCN(C(=O)C2CC(N)C(O)C2)C1. The predicted octanol–water partition coefficient (Wildman–Crippen LogP) is 3.99. The number of nitrogens with zero attached hydrogens (tertiary/aromatic N) is 1. The highest BCUT2D eigenvalue weighted by Crippen LogP contribution is 2.45. The first-order valence-electron chi connectivity index (χ1n) is 13.7. The van der Waals surface area contributed by atoms with E-state index in [0.29, 0.717) is 50.1 Å². The summed E-state index contributed by atoms with van der Waals surface area (Å²) in [5.41, 5.74) is 6.01. The standard InChI is InChI=1S/C29H43FN2O4/c1-36-16-6-5-14-29(35,23-12-7-13-24(30)27(23)20-9-3-2-4-10-20)22-11-8-15-32(19-22)28(34)21-17-25(31)26(33)18-21/h3,7,9,12-13,20-22,25-26,33,35H,2,4-6,8,10-11,14-19,31H2,1H3. The maximum Gasteiger partial charge on any atom is 0.225 e. The number of carbonyl (C=O) groups excluding carboxylic acids is 1. The smallest absolute Gasteiger partial charge is 0.225 e. The maximum absolute atomic E-state index is 15.4. The van der Waals surface area contributed by atoms with Crippen LogP contribution < -0.4 is 5.73 Å². The summed E-state index contributed by atoms with van der Waals surface area (Å²) >= 11 is 0. The minimum absolute atomic E-state index is 0.0168. The number of rotatable bonds is 9. The third kappa shape index (κ3) is 5.85. The number of benzene rings is 1. The molecule has 1 heterocycles. The fourth-order valence-electron chi connectivity index (χ4n) is 6.62. The number of unbranched alkanes of at least 4 members (excludes halogenated alkanes) is 1. The van der Waals surface area contributed by atoms with E-state index < -0.39 is 11.7 Å². The van der Waals surface area contributed by atoms with Gasteiger partial charge in [0, 0.05) is 56.2 Å². The lowest BCUT2D eigenvalue weighted by molar-refractivity contribution is -0.141. The number of piperidine rings is 1. The van der Waals surface area contributed by atoms with Crippen LogP contribution in [0.1, 0.15) is 81.3 Å². The Balaban J connectivity index is 1.63. The molecule has 0 bridgehead atoms. The number of allylic oxidation sites excluding steroid dienone is 2. The van der Waals surface area contributed by atoms with E-state index in [0.717, 1.165) is 44.9 Å². The van der Waals surface area contributed by atoms with Crippen LogP contribution in [0.15, 0.2) is 30.4 Å². The molecule has 2 aliphatic carbocycles. The van der Waals surface area contributed by atoms with Crippen LogP contribution in [0.5, 0.6) is 0 Å².